The van der Waals surface area contributed by atoms with Crippen LogP contribution < -0.4 is 10.9 Å². The third kappa shape index (κ3) is 4.60. The van der Waals surface area contributed by atoms with E-state index in [1.807, 2.05) is 6.07 Å². The Balaban J connectivity index is 1.80. The van der Waals surface area contributed by atoms with Gasteiger partial charge in [-0.1, -0.05) is 11.6 Å². The number of pyridine rings is 2. The smallest absolute Gasteiger partial charge is 0.188 e. The van der Waals surface area contributed by atoms with Gasteiger partial charge in [-0.2, -0.15) is 5.26 Å². The van der Waals surface area contributed by atoms with Crippen molar-refractivity contribution >= 4 is 41.0 Å². The number of hydrogen-bond donors (Lipinski definition) is 1. The Morgan fingerprint density at radius 3 is 2.44 bits per heavy atom. The summed E-state index contributed by atoms with van der Waals surface area (Å²) in [5.41, 5.74) is 1.80. The standard InChI is InChI=1S/C23H18ClF2N6OP/c1-12(15-6-13(8-27)4-5-17(15)25)31-21-16(24)11-28-19-7-18(26)20(32-22(19)21)14-9-29-23(30-10-14)34(2,3)33/h4-7,9-12H,1-3H3,(H,28,31). The van der Waals surface area contributed by atoms with Gasteiger partial charge in [-0.25, -0.2) is 23.7 Å². The molecule has 0 aliphatic rings. The maximum Gasteiger partial charge on any atom is 0.188 e. The van der Waals surface area contributed by atoms with Gasteiger partial charge >= 0.3 is 0 Å². The molecular formula is C23H18ClF2N6OP. The first-order valence-electron chi connectivity index (χ1n) is 10.1. The molecule has 0 amide bonds. The lowest BCUT2D eigenvalue weighted by Gasteiger charge is -2.19. The quantitative estimate of drug-likeness (QED) is 0.372. The molecule has 1 atom stereocenters. The van der Waals surface area contributed by atoms with Crippen molar-refractivity contribution < 1.29 is 13.3 Å². The average Bonchev–Trinajstić information content (AvgIpc) is 2.80. The summed E-state index contributed by atoms with van der Waals surface area (Å²) in [7, 11) is -2.67. The van der Waals surface area contributed by atoms with Gasteiger partial charge in [0, 0.05) is 35.8 Å². The third-order valence-corrected chi connectivity index (χ3v) is 6.58. The van der Waals surface area contributed by atoms with Crippen LogP contribution in [-0.2, 0) is 4.57 Å². The van der Waals surface area contributed by atoms with Gasteiger partial charge in [0.05, 0.1) is 33.9 Å². The van der Waals surface area contributed by atoms with Gasteiger partial charge in [-0.3, -0.25) is 4.98 Å². The maximum atomic E-state index is 14.9. The fourth-order valence-electron chi connectivity index (χ4n) is 3.37. The van der Waals surface area contributed by atoms with Crippen LogP contribution in [0.2, 0.25) is 5.02 Å². The molecule has 172 valence electrons. The van der Waals surface area contributed by atoms with Crippen molar-refractivity contribution in [1.29, 1.82) is 5.26 Å². The highest BCUT2D eigenvalue weighted by atomic mass is 35.5. The molecule has 0 spiro atoms. The summed E-state index contributed by atoms with van der Waals surface area (Å²) < 4.78 is 41.5. The minimum Gasteiger partial charge on any atom is -0.375 e. The second-order valence-corrected chi connectivity index (χ2v) is 11.5. The van der Waals surface area contributed by atoms with Gasteiger partial charge in [0.1, 0.15) is 24.2 Å². The lowest BCUT2D eigenvalue weighted by Crippen LogP contribution is -2.13. The van der Waals surface area contributed by atoms with Crippen LogP contribution in [0.4, 0.5) is 14.5 Å². The Morgan fingerprint density at radius 1 is 1.09 bits per heavy atom. The SMILES string of the molecule is CC(Nc1c(Cl)cnc2cc(F)c(-c3cnc(P(C)(C)=O)nc3)nc12)c1cc(C#N)ccc1F. The molecule has 0 bridgehead atoms. The monoisotopic (exact) mass is 498 g/mol. The number of hydrogen-bond acceptors (Lipinski definition) is 7. The molecule has 0 aliphatic heterocycles. The summed E-state index contributed by atoms with van der Waals surface area (Å²) in [6.45, 7) is 4.78. The molecule has 4 aromatic rings. The van der Waals surface area contributed by atoms with E-state index in [0.29, 0.717) is 11.3 Å². The van der Waals surface area contributed by atoms with Crippen LogP contribution in [0.15, 0.2) is 42.9 Å². The van der Waals surface area contributed by atoms with E-state index in [9.17, 15) is 13.3 Å². The fourth-order valence-corrected chi connectivity index (χ4v) is 4.23. The van der Waals surface area contributed by atoms with E-state index in [1.54, 1.807) is 20.3 Å². The van der Waals surface area contributed by atoms with Crippen LogP contribution in [0.5, 0.6) is 0 Å². The van der Waals surface area contributed by atoms with Gasteiger partial charge in [0.15, 0.2) is 11.4 Å². The molecule has 0 aliphatic carbocycles. The summed E-state index contributed by atoms with van der Waals surface area (Å²) in [5, 5.41) is 12.5. The van der Waals surface area contributed by atoms with Crippen molar-refractivity contribution in [1.82, 2.24) is 19.9 Å². The molecule has 34 heavy (non-hydrogen) atoms. The van der Waals surface area contributed by atoms with Crippen molar-refractivity contribution in [2.24, 2.45) is 0 Å². The molecule has 3 aromatic heterocycles. The lowest BCUT2D eigenvalue weighted by molar-refractivity contribution is 0.587. The summed E-state index contributed by atoms with van der Waals surface area (Å²) >= 11 is 6.38. The highest BCUT2D eigenvalue weighted by Gasteiger charge is 2.20. The van der Waals surface area contributed by atoms with Gasteiger partial charge in [0.2, 0.25) is 0 Å². The Labute approximate surface area is 199 Å². The molecule has 0 saturated heterocycles. The average molecular weight is 499 g/mol. The number of fused-ring (bicyclic) bond motifs is 1. The van der Waals surface area contributed by atoms with Crippen LogP contribution >= 0.6 is 18.7 Å². The second-order valence-electron chi connectivity index (χ2n) is 8.00. The third-order valence-electron chi connectivity index (χ3n) is 5.09. The predicted molar refractivity (Wildman–Crippen MR) is 128 cm³/mol. The van der Waals surface area contributed by atoms with Crippen molar-refractivity contribution in [2.75, 3.05) is 18.6 Å². The first-order chi connectivity index (χ1) is 16.1. The van der Waals surface area contributed by atoms with Gasteiger partial charge in [-0.15, -0.1) is 0 Å². The van der Waals surface area contributed by atoms with Crippen LogP contribution in [0.25, 0.3) is 22.3 Å². The van der Waals surface area contributed by atoms with Crippen molar-refractivity contribution in [3.63, 3.8) is 0 Å². The predicted octanol–water partition coefficient (Wildman–Crippen LogP) is 5.31. The first kappa shape index (κ1) is 23.7. The molecule has 1 aromatic carbocycles. The molecule has 1 unspecified atom stereocenters. The van der Waals surface area contributed by atoms with Crippen molar-refractivity contribution in [3.8, 4) is 17.3 Å². The number of nitrogens with one attached hydrogen (secondary N) is 1. The zero-order valence-corrected chi connectivity index (χ0v) is 20.0. The Morgan fingerprint density at radius 2 is 1.79 bits per heavy atom. The zero-order chi connectivity index (χ0) is 24.6. The van der Waals surface area contributed by atoms with Crippen molar-refractivity contribution in [3.05, 3.63) is 70.6 Å². The van der Waals surface area contributed by atoms with Gasteiger partial charge < -0.3 is 9.88 Å². The minimum absolute atomic E-state index is 0.0430. The summed E-state index contributed by atoms with van der Waals surface area (Å²) in [4.78, 5) is 16.8. The molecule has 0 radical (unpaired) electrons. The fraction of sp³-hybridized carbons (Fsp3) is 0.174. The number of halogens is 3. The van der Waals surface area contributed by atoms with Crippen LogP contribution in [0.3, 0.4) is 0 Å². The number of rotatable bonds is 5. The molecule has 0 saturated carbocycles. The summed E-state index contributed by atoms with van der Waals surface area (Å²) in [5.74, 6) is -1.14. The van der Waals surface area contributed by atoms with E-state index in [4.69, 9.17) is 16.9 Å². The number of benzene rings is 1. The van der Waals surface area contributed by atoms with E-state index in [-0.39, 0.29) is 38.4 Å². The first-order valence-corrected chi connectivity index (χ1v) is 13.0. The highest BCUT2D eigenvalue weighted by molar-refractivity contribution is 7.69. The molecule has 0 fully saturated rings. The molecular weight excluding hydrogens is 481 g/mol. The zero-order valence-electron chi connectivity index (χ0n) is 18.3. The molecule has 3 heterocycles. The highest BCUT2D eigenvalue weighted by Crippen LogP contribution is 2.35. The van der Waals surface area contributed by atoms with Crippen LogP contribution in [-0.4, -0.2) is 33.3 Å². The second kappa shape index (κ2) is 9.05. The van der Waals surface area contributed by atoms with E-state index >= 15 is 0 Å². The summed E-state index contributed by atoms with van der Waals surface area (Å²) in [6.07, 6.45) is 4.06. The van der Waals surface area contributed by atoms with Crippen LogP contribution in [0.1, 0.15) is 24.1 Å². The molecule has 7 nitrogen and oxygen atoms in total. The topological polar surface area (TPSA) is 104 Å². The number of anilines is 1. The van der Waals surface area contributed by atoms with Crippen molar-refractivity contribution in [2.45, 2.75) is 13.0 Å². The van der Waals surface area contributed by atoms with Crippen LogP contribution in [0, 0.1) is 23.0 Å². The van der Waals surface area contributed by atoms with E-state index < -0.39 is 24.8 Å². The molecule has 1 N–H and O–H groups in total. The normalized spacial score (nSPS) is 12.4. The largest absolute Gasteiger partial charge is 0.375 e. The minimum atomic E-state index is -2.67. The number of nitrogens with zero attached hydrogens (tertiary/aromatic N) is 5. The maximum absolute atomic E-state index is 14.9. The molecule has 4 rings (SSSR count). The van der Waals surface area contributed by atoms with Gasteiger partial charge in [-0.05, 0) is 38.5 Å². The Hall–Kier alpha value is -3.47. The number of aromatic nitrogens is 4. The van der Waals surface area contributed by atoms with Gasteiger partial charge in [0.25, 0.3) is 0 Å². The summed E-state index contributed by atoms with van der Waals surface area (Å²) in [6, 6.07) is 6.65. The van der Waals surface area contributed by atoms with E-state index in [1.165, 1.54) is 42.9 Å². The number of nitriles is 1. The Kier molecular flexibility index (Phi) is 6.30. The molecule has 11 heteroatoms. The lowest BCUT2D eigenvalue weighted by atomic mass is 10.0. The van der Waals surface area contributed by atoms with E-state index in [2.05, 4.69) is 25.3 Å². The van der Waals surface area contributed by atoms with E-state index in [0.717, 1.165) is 0 Å². The Bertz CT molecular complexity index is 1500.